The highest BCUT2D eigenvalue weighted by Crippen LogP contribution is 2.30. The van der Waals surface area contributed by atoms with Crippen LogP contribution in [0.2, 0.25) is 0 Å². The molecule has 0 aliphatic heterocycles. The summed E-state index contributed by atoms with van der Waals surface area (Å²) in [6.45, 7) is 0. The smallest absolute Gasteiger partial charge is 0.146 e. The van der Waals surface area contributed by atoms with E-state index in [1.165, 1.54) is 6.07 Å². The van der Waals surface area contributed by atoms with E-state index in [9.17, 15) is 4.39 Å². The van der Waals surface area contributed by atoms with E-state index in [1.54, 1.807) is 93.1 Å². The Hall–Kier alpha value is -4.05. The average molecular weight is 628 g/mol. The summed E-state index contributed by atoms with van der Waals surface area (Å²) in [7, 11) is 3.20. The van der Waals surface area contributed by atoms with E-state index in [0.29, 0.717) is 21.5 Å². The summed E-state index contributed by atoms with van der Waals surface area (Å²) >= 11 is 6.37. The van der Waals surface area contributed by atoms with Gasteiger partial charge in [0.05, 0.1) is 14.2 Å². The van der Waals surface area contributed by atoms with E-state index >= 15 is 0 Å². The lowest BCUT2D eigenvalue weighted by Gasteiger charge is -2.08. The largest absolute Gasteiger partial charge is 0.508 e. The highest BCUT2D eigenvalue weighted by molar-refractivity contribution is 9.10. The van der Waals surface area contributed by atoms with Crippen molar-refractivity contribution >= 4 is 31.9 Å². The molecule has 0 spiro atoms. The minimum absolute atomic E-state index is 0.0579. The van der Waals surface area contributed by atoms with Crippen molar-refractivity contribution in [3.05, 3.63) is 111 Å². The molecular weight excluding hydrogens is 607 g/mol. The van der Waals surface area contributed by atoms with Gasteiger partial charge in [0, 0.05) is 8.95 Å². The monoisotopic (exact) mass is 626 g/mol. The first-order chi connectivity index (χ1) is 17.8. The molecule has 6 nitrogen and oxygen atoms in total. The van der Waals surface area contributed by atoms with Crippen LogP contribution in [0.1, 0.15) is 11.1 Å². The maximum absolute atomic E-state index is 12.6. The number of methoxy groups -OCH3 is 2. The van der Waals surface area contributed by atoms with Gasteiger partial charge in [-0.3, -0.25) is 0 Å². The first-order valence-electron chi connectivity index (χ1n) is 10.5. The molecule has 0 atom stereocenters. The fourth-order valence-corrected chi connectivity index (χ4v) is 3.52. The molecule has 9 heteroatoms. The minimum atomic E-state index is -0.489. The Kier molecular flexibility index (Phi) is 11.9. The van der Waals surface area contributed by atoms with Gasteiger partial charge in [0.15, 0.2) is 0 Å². The Morgan fingerprint density at radius 3 is 1.59 bits per heavy atom. The number of benzene rings is 4. The standard InChI is InChI=1S/C14H10BrNO2.C7H3BrFN.C7H8O2/c1-17-10-5-7-11(8-6-10)18-14-4-2-3-13(15)12(14)9-16;8-6-2-1-3-7(9)5(6)4-10;1-9-7-4-2-6(8)3-5-7/h2-8H,1H3;1-3H;2-5,8H,1H3. The SMILES string of the molecule is COc1ccc(O)cc1.COc1ccc(Oc2cccc(Br)c2C#N)cc1.N#Cc1c(F)cccc1Br. The van der Waals surface area contributed by atoms with Crippen LogP contribution < -0.4 is 14.2 Å². The van der Waals surface area contributed by atoms with Crippen LogP contribution in [0.4, 0.5) is 4.39 Å². The topological polar surface area (TPSA) is 95.5 Å². The number of hydrogen-bond acceptors (Lipinski definition) is 6. The quantitative estimate of drug-likeness (QED) is 0.246. The molecule has 4 aromatic rings. The number of hydrogen-bond donors (Lipinski definition) is 1. The zero-order chi connectivity index (χ0) is 27.2. The summed E-state index contributed by atoms with van der Waals surface area (Å²) in [4.78, 5) is 0. The minimum Gasteiger partial charge on any atom is -0.508 e. The van der Waals surface area contributed by atoms with Crippen LogP contribution in [-0.2, 0) is 0 Å². The first kappa shape index (κ1) is 29.2. The van der Waals surface area contributed by atoms with Crippen molar-refractivity contribution in [2.24, 2.45) is 0 Å². The highest BCUT2D eigenvalue weighted by atomic mass is 79.9. The molecule has 0 unspecified atom stereocenters. The van der Waals surface area contributed by atoms with Gasteiger partial charge in [-0.2, -0.15) is 10.5 Å². The second-order valence-electron chi connectivity index (χ2n) is 6.91. The molecule has 0 saturated carbocycles. The molecule has 0 aromatic heterocycles. The van der Waals surface area contributed by atoms with Crippen LogP contribution in [-0.4, -0.2) is 19.3 Å². The van der Waals surface area contributed by atoms with Crippen LogP contribution in [0.25, 0.3) is 0 Å². The number of nitriles is 2. The van der Waals surface area contributed by atoms with Gasteiger partial charge in [0.1, 0.15) is 57.8 Å². The van der Waals surface area contributed by atoms with E-state index in [2.05, 4.69) is 37.9 Å². The van der Waals surface area contributed by atoms with Crippen molar-refractivity contribution in [3.8, 4) is 40.9 Å². The van der Waals surface area contributed by atoms with Crippen molar-refractivity contribution in [1.29, 1.82) is 10.5 Å². The molecule has 4 aromatic carbocycles. The fourth-order valence-electron chi connectivity index (χ4n) is 2.66. The van der Waals surface area contributed by atoms with Crippen LogP contribution in [0.3, 0.4) is 0 Å². The summed E-state index contributed by atoms with van der Waals surface area (Å²) in [6, 6.07) is 27.4. The highest BCUT2D eigenvalue weighted by Gasteiger charge is 2.08. The van der Waals surface area contributed by atoms with E-state index < -0.39 is 5.82 Å². The van der Waals surface area contributed by atoms with Gasteiger partial charge in [-0.1, -0.05) is 12.1 Å². The zero-order valence-electron chi connectivity index (χ0n) is 19.8. The number of halogens is 3. The number of phenolic OH excluding ortho intramolecular Hbond substituents is 1. The molecule has 0 radical (unpaired) electrons. The third kappa shape index (κ3) is 9.16. The van der Waals surface area contributed by atoms with Gasteiger partial charge in [-0.15, -0.1) is 0 Å². The van der Waals surface area contributed by atoms with E-state index in [4.69, 9.17) is 29.8 Å². The molecule has 0 fully saturated rings. The number of nitrogens with zero attached hydrogens (tertiary/aromatic N) is 2. The predicted octanol–water partition coefficient (Wildman–Crippen LogP) is 7.98. The summed E-state index contributed by atoms with van der Waals surface area (Å²) in [5.74, 6) is 2.47. The molecule has 0 aliphatic rings. The number of phenols is 1. The Morgan fingerprint density at radius 1 is 0.676 bits per heavy atom. The maximum Gasteiger partial charge on any atom is 0.146 e. The molecule has 1 N–H and O–H groups in total. The molecule has 37 heavy (non-hydrogen) atoms. The molecule has 0 saturated heterocycles. The Labute approximate surface area is 231 Å². The maximum atomic E-state index is 12.6. The van der Waals surface area contributed by atoms with Gasteiger partial charge < -0.3 is 19.3 Å². The normalized spacial score (nSPS) is 9.27. The molecule has 0 aliphatic carbocycles. The van der Waals surface area contributed by atoms with Gasteiger partial charge in [0.2, 0.25) is 0 Å². The van der Waals surface area contributed by atoms with Crippen molar-refractivity contribution < 1.29 is 23.7 Å². The molecular formula is C28H21Br2FN2O4. The van der Waals surface area contributed by atoms with Crippen molar-refractivity contribution in [2.75, 3.05) is 14.2 Å². The van der Waals surface area contributed by atoms with Crippen molar-refractivity contribution in [2.45, 2.75) is 0 Å². The lowest BCUT2D eigenvalue weighted by atomic mass is 10.2. The average Bonchev–Trinajstić information content (AvgIpc) is 2.91. The fraction of sp³-hybridized carbons (Fsp3) is 0.0714. The van der Waals surface area contributed by atoms with E-state index in [-0.39, 0.29) is 11.3 Å². The van der Waals surface area contributed by atoms with E-state index in [1.807, 2.05) is 6.07 Å². The number of rotatable bonds is 4. The van der Waals surface area contributed by atoms with Gasteiger partial charge in [-0.05, 0) is 105 Å². The molecule has 4 rings (SSSR count). The van der Waals surface area contributed by atoms with Crippen LogP contribution in [0.15, 0.2) is 93.9 Å². The Bertz CT molecular complexity index is 1360. The Morgan fingerprint density at radius 2 is 1.14 bits per heavy atom. The lowest BCUT2D eigenvalue weighted by Crippen LogP contribution is -1.89. The zero-order valence-corrected chi connectivity index (χ0v) is 23.0. The van der Waals surface area contributed by atoms with Crippen molar-refractivity contribution in [1.82, 2.24) is 0 Å². The van der Waals surface area contributed by atoms with Crippen LogP contribution in [0.5, 0.6) is 28.7 Å². The number of aromatic hydroxyl groups is 1. The Balaban J connectivity index is 0.000000214. The van der Waals surface area contributed by atoms with Gasteiger partial charge >= 0.3 is 0 Å². The molecule has 0 bridgehead atoms. The summed E-state index contributed by atoms with van der Waals surface area (Å²) in [6.07, 6.45) is 0. The summed E-state index contributed by atoms with van der Waals surface area (Å²) < 4.78 is 29.4. The van der Waals surface area contributed by atoms with Gasteiger partial charge in [0.25, 0.3) is 0 Å². The predicted molar refractivity (Wildman–Crippen MR) is 145 cm³/mol. The molecule has 0 amide bonds. The van der Waals surface area contributed by atoms with E-state index in [0.717, 1.165) is 16.0 Å². The second kappa shape index (κ2) is 15.1. The lowest BCUT2D eigenvalue weighted by molar-refractivity contribution is 0.412. The molecule has 188 valence electrons. The van der Waals surface area contributed by atoms with Crippen LogP contribution in [0, 0.1) is 28.5 Å². The second-order valence-corrected chi connectivity index (χ2v) is 8.62. The third-order valence-corrected chi connectivity index (χ3v) is 5.84. The first-order valence-corrected chi connectivity index (χ1v) is 12.1. The summed E-state index contributed by atoms with van der Waals surface area (Å²) in [5.41, 5.74) is 0.538. The van der Waals surface area contributed by atoms with Gasteiger partial charge in [-0.25, -0.2) is 4.39 Å². The third-order valence-electron chi connectivity index (χ3n) is 4.52. The number of ether oxygens (including phenoxy) is 3. The summed E-state index contributed by atoms with van der Waals surface area (Å²) in [5, 5.41) is 26.3. The van der Waals surface area contributed by atoms with Crippen LogP contribution >= 0.6 is 31.9 Å². The molecule has 0 heterocycles. The van der Waals surface area contributed by atoms with Crippen molar-refractivity contribution in [3.63, 3.8) is 0 Å².